The minimum Gasteiger partial charge on any atom is -0.423 e. The fourth-order valence-electron chi connectivity index (χ4n) is 4.41. The van der Waals surface area contributed by atoms with E-state index in [1.54, 1.807) is 0 Å². The monoisotopic (exact) mass is 452 g/mol. The van der Waals surface area contributed by atoms with Gasteiger partial charge in [-0.2, -0.15) is 0 Å². The molecule has 2 aromatic carbocycles. The summed E-state index contributed by atoms with van der Waals surface area (Å²) >= 11 is 5.96. The molecule has 168 valence electrons. The second-order valence-electron chi connectivity index (χ2n) is 8.74. The molecular formula is C26H29ClN2O3. The van der Waals surface area contributed by atoms with Gasteiger partial charge in [0.25, 0.3) is 0 Å². The van der Waals surface area contributed by atoms with Crippen LogP contribution in [-0.4, -0.2) is 29.9 Å². The number of nitrogens with one attached hydrogen (secondary N) is 1. The van der Waals surface area contributed by atoms with Crippen LogP contribution in [0.1, 0.15) is 41.5 Å². The van der Waals surface area contributed by atoms with E-state index in [4.69, 9.17) is 16.0 Å². The Bertz CT molecular complexity index is 1160. The highest BCUT2D eigenvalue weighted by Gasteiger charge is 2.21. The van der Waals surface area contributed by atoms with Crippen molar-refractivity contribution in [3.8, 4) is 0 Å². The average Bonchev–Trinajstić information content (AvgIpc) is 2.76. The van der Waals surface area contributed by atoms with E-state index in [0.29, 0.717) is 17.6 Å². The SMILES string of the molecule is Cc1ccc2c(C)c(CCC(=O)NC3CCN(Cc4ccc(Cl)cc4)CC3)c(=O)oc2c1. The number of fused-ring (bicyclic) bond motifs is 1. The van der Waals surface area contributed by atoms with Crippen LogP contribution in [-0.2, 0) is 17.8 Å². The van der Waals surface area contributed by atoms with Crippen LogP contribution < -0.4 is 10.9 Å². The highest BCUT2D eigenvalue weighted by atomic mass is 35.5. The molecule has 1 fully saturated rings. The molecule has 0 saturated carbocycles. The lowest BCUT2D eigenvalue weighted by Crippen LogP contribution is -2.44. The number of amides is 1. The molecule has 0 atom stereocenters. The van der Waals surface area contributed by atoms with Gasteiger partial charge in [0, 0.05) is 48.1 Å². The molecule has 2 heterocycles. The van der Waals surface area contributed by atoms with E-state index in [1.165, 1.54) is 5.56 Å². The Kier molecular flexibility index (Phi) is 6.97. The molecule has 4 rings (SSSR count). The lowest BCUT2D eigenvalue weighted by molar-refractivity contribution is -0.122. The van der Waals surface area contributed by atoms with Crippen molar-refractivity contribution in [3.05, 3.63) is 80.2 Å². The summed E-state index contributed by atoms with van der Waals surface area (Å²) in [5.41, 5.74) is 4.05. The minimum absolute atomic E-state index is 0.0102. The molecule has 0 bridgehead atoms. The second kappa shape index (κ2) is 9.88. The number of likely N-dealkylation sites (tertiary alicyclic amines) is 1. The lowest BCUT2D eigenvalue weighted by atomic mass is 10.0. The Hall–Kier alpha value is -2.63. The van der Waals surface area contributed by atoms with E-state index in [0.717, 1.165) is 54.0 Å². The molecule has 1 saturated heterocycles. The van der Waals surface area contributed by atoms with Crippen LogP contribution in [0.15, 0.2) is 51.7 Å². The molecule has 6 heteroatoms. The quantitative estimate of drug-likeness (QED) is 0.547. The van der Waals surface area contributed by atoms with Crippen LogP contribution in [0.4, 0.5) is 0 Å². The van der Waals surface area contributed by atoms with Gasteiger partial charge in [-0.05, 0) is 68.0 Å². The first kappa shape index (κ1) is 22.6. The Morgan fingerprint density at radius 2 is 1.84 bits per heavy atom. The second-order valence-corrected chi connectivity index (χ2v) is 9.17. The first-order valence-electron chi connectivity index (χ1n) is 11.2. The van der Waals surface area contributed by atoms with Gasteiger partial charge in [-0.25, -0.2) is 4.79 Å². The molecule has 0 unspecified atom stereocenters. The van der Waals surface area contributed by atoms with E-state index >= 15 is 0 Å². The third kappa shape index (κ3) is 5.40. The number of aryl methyl sites for hydroxylation is 2. The van der Waals surface area contributed by atoms with Crippen molar-refractivity contribution in [3.63, 3.8) is 0 Å². The van der Waals surface area contributed by atoms with Crippen LogP contribution in [0.3, 0.4) is 0 Å². The Morgan fingerprint density at radius 1 is 1.12 bits per heavy atom. The zero-order valence-corrected chi connectivity index (χ0v) is 19.4. The van der Waals surface area contributed by atoms with Crippen molar-refractivity contribution < 1.29 is 9.21 Å². The van der Waals surface area contributed by atoms with Crippen LogP contribution in [0, 0.1) is 13.8 Å². The smallest absolute Gasteiger partial charge is 0.339 e. The number of rotatable bonds is 6. The van der Waals surface area contributed by atoms with Gasteiger partial charge in [-0.15, -0.1) is 0 Å². The highest BCUT2D eigenvalue weighted by molar-refractivity contribution is 6.30. The lowest BCUT2D eigenvalue weighted by Gasteiger charge is -2.32. The summed E-state index contributed by atoms with van der Waals surface area (Å²) in [6.07, 6.45) is 2.53. The van der Waals surface area contributed by atoms with E-state index < -0.39 is 0 Å². The average molecular weight is 453 g/mol. The van der Waals surface area contributed by atoms with Crippen molar-refractivity contribution in [2.45, 2.75) is 52.1 Å². The molecule has 0 aliphatic carbocycles. The van der Waals surface area contributed by atoms with Gasteiger partial charge in [0.1, 0.15) is 5.58 Å². The van der Waals surface area contributed by atoms with Gasteiger partial charge in [-0.3, -0.25) is 9.69 Å². The maximum Gasteiger partial charge on any atom is 0.339 e. The normalized spacial score (nSPS) is 15.2. The van der Waals surface area contributed by atoms with E-state index in [9.17, 15) is 9.59 Å². The van der Waals surface area contributed by atoms with Crippen LogP contribution >= 0.6 is 11.6 Å². The van der Waals surface area contributed by atoms with Crippen molar-refractivity contribution in [2.24, 2.45) is 0 Å². The predicted molar refractivity (Wildman–Crippen MR) is 128 cm³/mol. The number of nitrogens with zero attached hydrogens (tertiary/aromatic N) is 1. The topological polar surface area (TPSA) is 62.6 Å². The highest BCUT2D eigenvalue weighted by Crippen LogP contribution is 2.21. The van der Waals surface area contributed by atoms with Gasteiger partial charge in [0.15, 0.2) is 0 Å². The van der Waals surface area contributed by atoms with Crippen LogP contribution in [0.5, 0.6) is 0 Å². The van der Waals surface area contributed by atoms with Crippen molar-refractivity contribution in [1.29, 1.82) is 0 Å². The van der Waals surface area contributed by atoms with Crippen LogP contribution in [0.2, 0.25) is 5.02 Å². The summed E-state index contributed by atoms with van der Waals surface area (Å²) in [7, 11) is 0. The molecule has 32 heavy (non-hydrogen) atoms. The first-order valence-corrected chi connectivity index (χ1v) is 11.6. The summed E-state index contributed by atoms with van der Waals surface area (Å²) in [5.74, 6) is -0.0102. The summed E-state index contributed by atoms with van der Waals surface area (Å²) in [5, 5.41) is 4.83. The number of hydrogen-bond donors (Lipinski definition) is 1. The summed E-state index contributed by atoms with van der Waals surface area (Å²) in [6.45, 7) is 6.68. The minimum atomic E-state index is -0.344. The van der Waals surface area contributed by atoms with E-state index in [-0.39, 0.29) is 24.0 Å². The van der Waals surface area contributed by atoms with Gasteiger partial charge in [-0.1, -0.05) is 35.9 Å². The molecule has 3 aromatic rings. The van der Waals surface area contributed by atoms with Crippen molar-refractivity contribution >= 4 is 28.5 Å². The van der Waals surface area contributed by atoms with Gasteiger partial charge >= 0.3 is 5.63 Å². The zero-order valence-electron chi connectivity index (χ0n) is 18.6. The Balaban J connectivity index is 1.28. The number of halogens is 1. The Morgan fingerprint density at radius 3 is 2.56 bits per heavy atom. The predicted octanol–water partition coefficient (Wildman–Crippen LogP) is 4.78. The first-order chi connectivity index (χ1) is 15.4. The fourth-order valence-corrected chi connectivity index (χ4v) is 4.54. The molecule has 0 spiro atoms. The zero-order chi connectivity index (χ0) is 22.7. The molecule has 5 nitrogen and oxygen atoms in total. The molecule has 1 aliphatic heterocycles. The van der Waals surface area contributed by atoms with Crippen molar-refractivity contribution in [1.82, 2.24) is 10.2 Å². The molecule has 1 aliphatic rings. The third-order valence-corrected chi connectivity index (χ3v) is 6.57. The summed E-state index contributed by atoms with van der Waals surface area (Å²) in [6, 6.07) is 14.0. The molecule has 1 N–H and O–H groups in total. The Labute approximate surface area is 193 Å². The molecular weight excluding hydrogens is 424 g/mol. The summed E-state index contributed by atoms with van der Waals surface area (Å²) in [4.78, 5) is 27.4. The number of hydrogen-bond acceptors (Lipinski definition) is 4. The number of carbonyl (C=O) groups is 1. The van der Waals surface area contributed by atoms with E-state index in [1.807, 2.05) is 44.2 Å². The fraction of sp³-hybridized carbons (Fsp3) is 0.385. The van der Waals surface area contributed by atoms with Crippen LogP contribution in [0.25, 0.3) is 11.0 Å². The van der Waals surface area contributed by atoms with E-state index in [2.05, 4.69) is 22.3 Å². The van der Waals surface area contributed by atoms with Gasteiger partial charge in [0.05, 0.1) is 0 Å². The largest absolute Gasteiger partial charge is 0.423 e. The van der Waals surface area contributed by atoms with Gasteiger partial charge in [0.2, 0.25) is 5.91 Å². The molecule has 0 radical (unpaired) electrons. The maximum atomic E-state index is 12.6. The maximum absolute atomic E-state index is 12.6. The number of benzene rings is 2. The standard InChI is InChI=1S/C26H29ClN2O3/c1-17-3-8-22-18(2)23(26(31)32-24(22)15-17)9-10-25(30)28-21-11-13-29(14-12-21)16-19-4-6-20(27)7-5-19/h3-8,15,21H,9-14,16H2,1-2H3,(H,28,30). The molecule has 1 aromatic heterocycles. The number of piperidine rings is 1. The summed E-state index contributed by atoms with van der Waals surface area (Å²) < 4.78 is 5.50. The number of carbonyl (C=O) groups excluding carboxylic acids is 1. The third-order valence-electron chi connectivity index (χ3n) is 6.32. The van der Waals surface area contributed by atoms with Gasteiger partial charge < -0.3 is 9.73 Å². The van der Waals surface area contributed by atoms with Crippen molar-refractivity contribution in [2.75, 3.05) is 13.1 Å². The molecule has 1 amide bonds.